The molecule has 0 radical (unpaired) electrons. The second-order valence-corrected chi connectivity index (χ2v) is 3.33. The van der Waals surface area contributed by atoms with E-state index in [0.717, 1.165) is 0 Å². The van der Waals surface area contributed by atoms with Gasteiger partial charge in [0.25, 0.3) is 0 Å². The van der Waals surface area contributed by atoms with Gasteiger partial charge >= 0.3 is 11.9 Å². The van der Waals surface area contributed by atoms with E-state index in [1.807, 2.05) is 6.92 Å². The van der Waals surface area contributed by atoms with Gasteiger partial charge in [-0.1, -0.05) is 6.92 Å². The minimum Gasteiger partial charge on any atom is -0.481 e. The number of carbonyl (C=O) groups is 2. The zero-order valence-electron chi connectivity index (χ0n) is 9.36. The van der Waals surface area contributed by atoms with Crippen molar-refractivity contribution in [3.05, 3.63) is 0 Å². The molecular weight excluding hydrogens is 200 g/mol. The van der Waals surface area contributed by atoms with Crippen LogP contribution in [0.4, 0.5) is 0 Å². The average molecular weight is 218 g/mol. The lowest BCUT2D eigenvalue weighted by molar-refractivity contribution is -0.162. The van der Waals surface area contributed by atoms with Crippen molar-refractivity contribution in [2.75, 3.05) is 13.7 Å². The Morgan fingerprint density at radius 2 is 2.00 bits per heavy atom. The number of esters is 1. The highest BCUT2D eigenvalue weighted by atomic mass is 16.5. The maximum atomic E-state index is 11.4. The molecule has 2 atom stereocenters. The standard InChI is InChI=1S/C10H18O5/c1-4-7(2)15-10(13)8(9(11)12)5-6-14-3/h7-8H,4-6H2,1-3H3,(H,11,12). The van der Waals surface area contributed by atoms with E-state index in [-0.39, 0.29) is 19.1 Å². The van der Waals surface area contributed by atoms with E-state index in [0.29, 0.717) is 6.42 Å². The quantitative estimate of drug-likeness (QED) is 0.511. The van der Waals surface area contributed by atoms with Crippen molar-refractivity contribution in [3.63, 3.8) is 0 Å². The van der Waals surface area contributed by atoms with E-state index in [4.69, 9.17) is 14.6 Å². The first-order valence-corrected chi connectivity index (χ1v) is 4.95. The van der Waals surface area contributed by atoms with Crippen LogP contribution in [-0.2, 0) is 19.1 Å². The van der Waals surface area contributed by atoms with Gasteiger partial charge in [-0.2, -0.15) is 0 Å². The molecule has 0 amide bonds. The highest BCUT2D eigenvalue weighted by Gasteiger charge is 2.28. The normalized spacial score (nSPS) is 14.3. The summed E-state index contributed by atoms with van der Waals surface area (Å²) < 4.78 is 9.68. The van der Waals surface area contributed by atoms with Crippen molar-refractivity contribution in [1.29, 1.82) is 0 Å². The summed E-state index contributed by atoms with van der Waals surface area (Å²) in [5, 5.41) is 8.80. The van der Waals surface area contributed by atoms with Gasteiger partial charge in [0.05, 0.1) is 6.10 Å². The van der Waals surface area contributed by atoms with Crippen molar-refractivity contribution in [2.24, 2.45) is 5.92 Å². The Morgan fingerprint density at radius 1 is 1.40 bits per heavy atom. The predicted molar refractivity (Wildman–Crippen MR) is 53.5 cm³/mol. The molecule has 5 nitrogen and oxygen atoms in total. The molecule has 0 fully saturated rings. The maximum absolute atomic E-state index is 11.4. The largest absolute Gasteiger partial charge is 0.481 e. The van der Waals surface area contributed by atoms with Crippen LogP contribution in [0, 0.1) is 5.92 Å². The first-order chi connectivity index (χ1) is 7.02. The van der Waals surface area contributed by atoms with Crippen LogP contribution in [0.15, 0.2) is 0 Å². The van der Waals surface area contributed by atoms with E-state index in [1.54, 1.807) is 6.92 Å². The van der Waals surface area contributed by atoms with E-state index in [9.17, 15) is 9.59 Å². The summed E-state index contributed by atoms with van der Waals surface area (Å²) in [6, 6.07) is 0. The van der Waals surface area contributed by atoms with E-state index in [1.165, 1.54) is 7.11 Å². The van der Waals surface area contributed by atoms with E-state index < -0.39 is 17.9 Å². The Bertz CT molecular complexity index is 214. The summed E-state index contributed by atoms with van der Waals surface area (Å²) in [5.41, 5.74) is 0. The second-order valence-electron chi connectivity index (χ2n) is 3.33. The zero-order chi connectivity index (χ0) is 11.8. The highest BCUT2D eigenvalue weighted by molar-refractivity contribution is 5.93. The van der Waals surface area contributed by atoms with E-state index in [2.05, 4.69) is 0 Å². The van der Waals surface area contributed by atoms with Crippen LogP contribution in [0.3, 0.4) is 0 Å². The molecule has 1 N–H and O–H groups in total. The number of ether oxygens (including phenoxy) is 2. The molecule has 0 aromatic carbocycles. The number of rotatable bonds is 7. The Hall–Kier alpha value is -1.10. The molecule has 5 heteroatoms. The van der Waals surface area contributed by atoms with Crippen molar-refractivity contribution in [2.45, 2.75) is 32.8 Å². The molecule has 0 aliphatic rings. The van der Waals surface area contributed by atoms with Crippen LogP contribution >= 0.6 is 0 Å². The first-order valence-electron chi connectivity index (χ1n) is 4.95. The number of carboxylic acids is 1. The average Bonchev–Trinajstić information content (AvgIpc) is 2.17. The fourth-order valence-electron chi connectivity index (χ4n) is 0.942. The molecule has 0 aromatic rings. The van der Waals surface area contributed by atoms with Gasteiger partial charge in [0.15, 0.2) is 5.92 Å². The number of carboxylic acid groups (broad SMARTS) is 1. The monoisotopic (exact) mass is 218 g/mol. The lowest BCUT2D eigenvalue weighted by Gasteiger charge is -2.15. The van der Waals surface area contributed by atoms with Crippen LogP contribution in [0.5, 0.6) is 0 Å². The molecule has 0 saturated heterocycles. The van der Waals surface area contributed by atoms with Gasteiger partial charge in [-0.3, -0.25) is 9.59 Å². The lowest BCUT2D eigenvalue weighted by atomic mass is 10.1. The Morgan fingerprint density at radius 3 is 2.40 bits per heavy atom. The van der Waals surface area contributed by atoms with Crippen LogP contribution < -0.4 is 0 Å². The molecular formula is C10H18O5. The maximum Gasteiger partial charge on any atom is 0.320 e. The SMILES string of the molecule is CCC(C)OC(=O)C(CCOC)C(=O)O. The first kappa shape index (κ1) is 13.9. The van der Waals surface area contributed by atoms with Crippen molar-refractivity contribution in [1.82, 2.24) is 0 Å². The fourth-order valence-corrected chi connectivity index (χ4v) is 0.942. The molecule has 0 aromatic heterocycles. The molecule has 0 aliphatic heterocycles. The smallest absolute Gasteiger partial charge is 0.320 e. The summed E-state index contributed by atoms with van der Waals surface area (Å²) in [6.07, 6.45) is 0.561. The Kier molecular flexibility index (Phi) is 6.70. The van der Waals surface area contributed by atoms with Gasteiger partial charge < -0.3 is 14.6 Å². The third kappa shape index (κ3) is 5.37. The van der Waals surface area contributed by atoms with Gasteiger partial charge in [0, 0.05) is 13.7 Å². The van der Waals surface area contributed by atoms with Gasteiger partial charge in [0.2, 0.25) is 0 Å². The summed E-state index contributed by atoms with van der Waals surface area (Å²) in [4.78, 5) is 22.2. The number of hydrogen-bond acceptors (Lipinski definition) is 4. The van der Waals surface area contributed by atoms with Crippen molar-refractivity contribution >= 4 is 11.9 Å². The lowest BCUT2D eigenvalue weighted by Crippen LogP contribution is -2.29. The topological polar surface area (TPSA) is 72.8 Å². The summed E-state index contributed by atoms with van der Waals surface area (Å²) in [7, 11) is 1.46. The number of hydrogen-bond donors (Lipinski definition) is 1. The number of aliphatic carboxylic acids is 1. The Balaban J connectivity index is 4.22. The fraction of sp³-hybridized carbons (Fsp3) is 0.800. The zero-order valence-corrected chi connectivity index (χ0v) is 9.36. The summed E-state index contributed by atoms with van der Waals surface area (Å²) in [5.74, 6) is -2.98. The van der Waals surface area contributed by atoms with E-state index >= 15 is 0 Å². The predicted octanol–water partition coefficient (Wildman–Crippen LogP) is 1.07. The van der Waals surface area contributed by atoms with Gasteiger partial charge in [0.1, 0.15) is 0 Å². The van der Waals surface area contributed by atoms with Crippen LogP contribution in [-0.4, -0.2) is 36.9 Å². The van der Waals surface area contributed by atoms with Crippen molar-refractivity contribution < 1.29 is 24.2 Å². The van der Waals surface area contributed by atoms with Gasteiger partial charge in [-0.15, -0.1) is 0 Å². The molecule has 0 rings (SSSR count). The van der Waals surface area contributed by atoms with Crippen LogP contribution in [0.1, 0.15) is 26.7 Å². The molecule has 0 heterocycles. The van der Waals surface area contributed by atoms with Gasteiger partial charge in [-0.25, -0.2) is 0 Å². The summed E-state index contributed by atoms with van der Waals surface area (Å²) >= 11 is 0. The van der Waals surface area contributed by atoms with Gasteiger partial charge in [-0.05, 0) is 19.8 Å². The minimum absolute atomic E-state index is 0.140. The molecule has 0 bridgehead atoms. The summed E-state index contributed by atoms with van der Waals surface area (Å²) in [6.45, 7) is 3.82. The van der Waals surface area contributed by atoms with Crippen LogP contribution in [0.2, 0.25) is 0 Å². The van der Waals surface area contributed by atoms with Crippen LogP contribution in [0.25, 0.3) is 0 Å². The molecule has 0 aliphatic carbocycles. The highest BCUT2D eigenvalue weighted by Crippen LogP contribution is 2.09. The van der Waals surface area contributed by atoms with Crippen molar-refractivity contribution in [3.8, 4) is 0 Å². The third-order valence-corrected chi connectivity index (χ3v) is 2.09. The molecule has 88 valence electrons. The molecule has 0 spiro atoms. The molecule has 0 saturated carbocycles. The molecule has 2 unspecified atom stereocenters. The number of methoxy groups -OCH3 is 1. The third-order valence-electron chi connectivity index (χ3n) is 2.09. The molecule has 15 heavy (non-hydrogen) atoms. The minimum atomic E-state index is -1.17. The number of carbonyl (C=O) groups excluding carboxylic acids is 1. The second kappa shape index (κ2) is 7.23. The Labute approximate surface area is 89.4 Å².